The summed E-state index contributed by atoms with van der Waals surface area (Å²) >= 11 is 1.82. The van der Waals surface area contributed by atoms with Crippen LogP contribution in [0, 0.1) is 0 Å². The average molecular weight is 374 g/mol. The zero-order chi connectivity index (χ0) is 17.8. The van der Waals surface area contributed by atoms with E-state index < -0.39 is 10.8 Å². The van der Waals surface area contributed by atoms with Gasteiger partial charge in [0.15, 0.2) is 0 Å². The molecule has 132 valence electrons. The molecule has 0 fully saturated rings. The Hall–Kier alpha value is -1.56. The van der Waals surface area contributed by atoms with E-state index in [9.17, 15) is 4.21 Å². The molecule has 3 nitrogen and oxygen atoms in total. The maximum Gasteiger partial charge on any atom is 0.135 e. The van der Waals surface area contributed by atoms with Gasteiger partial charge in [0.05, 0.1) is 0 Å². The minimum Gasteiger partial charge on any atom is -0.456 e. The van der Waals surface area contributed by atoms with E-state index >= 15 is 0 Å². The van der Waals surface area contributed by atoms with Crippen LogP contribution in [0.15, 0.2) is 47.4 Å². The fraction of sp³-hybridized carbons (Fsp3) is 0.300. The van der Waals surface area contributed by atoms with Gasteiger partial charge in [0, 0.05) is 50.3 Å². The monoisotopic (exact) mass is 373 g/mol. The van der Waals surface area contributed by atoms with Crippen LogP contribution in [0.25, 0.3) is 11.0 Å². The van der Waals surface area contributed by atoms with Crippen molar-refractivity contribution in [1.82, 2.24) is 4.90 Å². The van der Waals surface area contributed by atoms with E-state index in [2.05, 4.69) is 31.0 Å². The zero-order valence-electron chi connectivity index (χ0n) is 14.8. The second kappa shape index (κ2) is 8.21. The van der Waals surface area contributed by atoms with Crippen molar-refractivity contribution in [2.75, 3.05) is 32.1 Å². The molecule has 1 heterocycles. The molecule has 5 heteroatoms. The molecule has 0 amide bonds. The molecule has 1 aliphatic heterocycles. The van der Waals surface area contributed by atoms with Gasteiger partial charge >= 0.3 is 0 Å². The fourth-order valence-corrected chi connectivity index (χ4v) is 4.28. The van der Waals surface area contributed by atoms with Crippen LogP contribution in [0.5, 0.6) is 11.5 Å². The molecule has 0 aromatic heterocycles. The molecule has 2 aromatic carbocycles. The summed E-state index contributed by atoms with van der Waals surface area (Å²) in [6.07, 6.45) is 3.89. The first-order valence-corrected chi connectivity index (χ1v) is 10.9. The molecular formula is C20H23NO2S2. The van der Waals surface area contributed by atoms with Gasteiger partial charge in [-0.3, -0.25) is 4.21 Å². The Bertz CT molecular complexity index is 817. The second-order valence-electron chi connectivity index (χ2n) is 6.00. The van der Waals surface area contributed by atoms with Gasteiger partial charge < -0.3 is 9.64 Å². The number of thioether (sulfide) groups is 1. The zero-order valence-corrected chi connectivity index (χ0v) is 16.5. The highest BCUT2D eigenvalue weighted by Gasteiger charge is 2.18. The smallest absolute Gasteiger partial charge is 0.135 e. The van der Waals surface area contributed by atoms with E-state index in [4.69, 9.17) is 4.74 Å². The first-order valence-electron chi connectivity index (χ1n) is 8.36. The third-order valence-electron chi connectivity index (χ3n) is 4.24. The van der Waals surface area contributed by atoms with Crippen molar-refractivity contribution < 1.29 is 8.95 Å². The Morgan fingerprint density at radius 1 is 1.16 bits per heavy atom. The molecule has 1 unspecified atom stereocenters. The Kier molecular flexibility index (Phi) is 5.99. The molecule has 0 radical (unpaired) electrons. The molecule has 0 saturated heterocycles. The maximum absolute atomic E-state index is 11.9. The molecule has 3 rings (SSSR count). The van der Waals surface area contributed by atoms with Gasteiger partial charge in [0.25, 0.3) is 0 Å². The number of ether oxygens (including phenoxy) is 1. The lowest BCUT2D eigenvalue weighted by atomic mass is 10.1. The summed E-state index contributed by atoms with van der Waals surface area (Å²) in [4.78, 5) is 4.29. The largest absolute Gasteiger partial charge is 0.456 e. The Morgan fingerprint density at radius 3 is 2.72 bits per heavy atom. The molecule has 0 saturated carbocycles. The minimum absolute atomic E-state index is 0.821. The number of para-hydroxylation sites is 1. The van der Waals surface area contributed by atoms with Gasteiger partial charge in [-0.05, 0) is 43.9 Å². The van der Waals surface area contributed by atoms with E-state index in [1.807, 2.05) is 48.2 Å². The van der Waals surface area contributed by atoms with E-state index in [1.54, 1.807) is 6.26 Å². The highest BCUT2D eigenvalue weighted by molar-refractivity contribution is 8.08. The standard InChI is InChI=1S/C20H23NO2S2/c1-4-21(2)11-12-24-20-13-15-7-5-6-8-18(15)23-19-10-9-16(25(3)22)14-17(19)20/h5-10,13-14H,4,11-12H2,1-3H3. The molecule has 25 heavy (non-hydrogen) atoms. The van der Waals surface area contributed by atoms with Crippen molar-refractivity contribution in [2.45, 2.75) is 11.8 Å². The minimum atomic E-state index is -1.01. The molecule has 2 aromatic rings. The Balaban J connectivity index is 1.98. The average Bonchev–Trinajstić information content (AvgIpc) is 2.77. The topological polar surface area (TPSA) is 29.5 Å². The summed E-state index contributed by atoms with van der Waals surface area (Å²) < 4.78 is 18.1. The number of rotatable bonds is 6. The number of hydrogen-bond acceptors (Lipinski definition) is 4. The van der Waals surface area contributed by atoms with Crippen LogP contribution in [0.1, 0.15) is 18.1 Å². The highest BCUT2D eigenvalue weighted by Crippen LogP contribution is 2.43. The SMILES string of the molecule is CCN(C)CCSC1=Cc2ccccc2Oc2ccc(S(C)=O)cc21. The quantitative estimate of drug-likeness (QED) is 0.733. The van der Waals surface area contributed by atoms with Gasteiger partial charge in [0.2, 0.25) is 0 Å². The van der Waals surface area contributed by atoms with Crippen LogP contribution in [0.2, 0.25) is 0 Å². The summed E-state index contributed by atoms with van der Waals surface area (Å²) in [5.74, 6) is 2.68. The van der Waals surface area contributed by atoms with Crippen molar-refractivity contribution in [3.63, 3.8) is 0 Å². The van der Waals surface area contributed by atoms with Gasteiger partial charge in [-0.2, -0.15) is 0 Å². The van der Waals surface area contributed by atoms with Crippen molar-refractivity contribution in [1.29, 1.82) is 0 Å². The summed E-state index contributed by atoms with van der Waals surface area (Å²) in [6.45, 7) is 4.23. The molecule has 0 aliphatic carbocycles. The summed E-state index contributed by atoms with van der Waals surface area (Å²) in [6, 6.07) is 13.9. The highest BCUT2D eigenvalue weighted by atomic mass is 32.2. The van der Waals surface area contributed by atoms with Crippen molar-refractivity contribution in [3.05, 3.63) is 53.6 Å². The van der Waals surface area contributed by atoms with Crippen LogP contribution in [-0.4, -0.2) is 41.3 Å². The van der Waals surface area contributed by atoms with Crippen LogP contribution in [-0.2, 0) is 10.8 Å². The van der Waals surface area contributed by atoms with Crippen LogP contribution in [0.4, 0.5) is 0 Å². The van der Waals surface area contributed by atoms with E-state index in [0.29, 0.717) is 0 Å². The predicted octanol–water partition coefficient (Wildman–Crippen LogP) is 4.71. The summed E-state index contributed by atoms with van der Waals surface area (Å²) in [5, 5.41) is 0. The lowest BCUT2D eigenvalue weighted by Gasteiger charge is -2.15. The lowest BCUT2D eigenvalue weighted by Crippen LogP contribution is -2.20. The summed E-state index contributed by atoms with van der Waals surface area (Å²) in [5.41, 5.74) is 2.09. The van der Waals surface area contributed by atoms with Crippen molar-refractivity contribution >= 4 is 33.5 Å². The first-order chi connectivity index (χ1) is 12.1. The third kappa shape index (κ3) is 4.35. The predicted molar refractivity (Wildman–Crippen MR) is 109 cm³/mol. The van der Waals surface area contributed by atoms with Crippen LogP contribution >= 0.6 is 11.8 Å². The fourth-order valence-electron chi connectivity index (χ4n) is 2.59. The maximum atomic E-state index is 11.9. The van der Waals surface area contributed by atoms with Gasteiger partial charge in [-0.15, -0.1) is 11.8 Å². The van der Waals surface area contributed by atoms with E-state index in [0.717, 1.165) is 51.3 Å². The van der Waals surface area contributed by atoms with Crippen molar-refractivity contribution in [2.24, 2.45) is 0 Å². The number of hydrogen-bond donors (Lipinski definition) is 0. The van der Waals surface area contributed by atoms with Crippen LogP contribution < -0.4 is 4.74 Å². The number of fused-ring (bicyclic) bond motifs is 2. The molecule has 1 aliphatic rings. The molecule has 0 spiro atoms. The Morgan fingerprint density at radius 2 is 1.96 bits per heavy atom. The second-order valence-corrected chi connectivity index (χ2v) is 8.52. The van der Waals surface area contributed by atoms with E-state index in [-0.39, 0.29) is 0 Å². The van der Waals surface area contributed by atoms with E-state index in [1.165, 1.54) is 0 Å². The molecule has 1 atom stereocenters. The van der Waals surface area contributed by atoms with Crippen molar-refractivity contribution in [3.8, 4) is 11.5 Å². The van der Waals surface area contributed by atoms with Gasteiger partial charge in [-0.1, -0.05) is 25.1 Å². The third-order valence-corrected chi connectivity index (χ3v) is 6.20. The number of nitrogens with zero attached hydrogens (tertiary/aromatic N) is 1. The van der Waals surface area contributed by atoms with Gasteiger partial charge in [-0.25, -0.2) is 0 Å². The lowest BCUT2D eigenvalue weighted by molar-refractivity contribution is 0.377. The number of benzene rings is 2. The normalized spacial score (nSPS) is 14.2. The molecule has 0 bridgehead atoms. The Labute approximate surface area is 156 Å². The molecular weight excluding hydrogens is 350 g/mol. The first kappa shape index (κ1) is 18.2. The molecule has 0 N–H and O–H groups in total. The summed E-state index contributed by atoms with van der Waals surface area (Å²) in [7, 11) is 1.12. The van der Waals surface area contributed by atoms with Crippen LogP contribution in [0.3, 0.4) is 0 Å². The van der Waals surface area contributed by atoms with Gasteiger partial charge in [0.1, 0.15) is 11.5 Å².